The van der Waals surface area contributed by atoms with E-state index < -0.39 is 20.9 Å². The summed E-state index contributed by atoms with van der Waals surface area (Å²) in [4.78, 5) is 27.4. The van der Waals surface area contributed by atoms with E-state index in [1.807, 2.05) is 12.1 Å². The van der Waals surface area contributed by atoms with E-state index in [1.54, 1.807) is 12.1 Å². The van der Waals surface area contributed by atoms with Gasteiger partial charge in [0.05, 0.1) is 25.7 Å². The van der Waals surface area contributed by atoms with Gasteiger partial charge in [-0.05, 0) is 48.4 Å². The first-order valence-corrected chi connectivity index (χ1v) is 12.2. The second-order valence-corrected chi connectivity index (χ2v) is 10.3. The normalized spacial score (nSPS) is 13.2. The van der Waals surface area contributed by atoms with Crippen LogP contribution in [0.5, 0.6) is 0 Å². The average Bonchev–Trinajstić information content (AvgIpc) is 3.42. The Kier molecular flexibility index (Phi) is 5.06. The fourth-order valence-corrected chi connectivity index (χ4v) is 6.11. The van der Waals surface area contributed by atoms with Crippen molar-refractivity contribution >= 4 is 54.0 Å². The number of amides is 1. The molecule has 5 rings (SSSR count). The molecule has 4 aromatic rings. The van der Waals surface area contributed by atoms with Crippen LogP contribution in [0.15, 0.2) is 71.6 Å². The molecule has 2 heterocycles. The van der Waals surface area contributed by atoms with Gasteiger partial charge in [-0.15, -0.1) is 0 Å². The van der Waals surface area contributed by atoms with Crippen molar-refractivity contribution in [3.05, 3.63) is 88.0 Å². The SMILES string of the molecule is O=C(Nc1nc2ccc([N+](=O)[O-])cc2s1)c1ccc(S(=O)(=O)N2CCc3ccccc32)cc1. The molecular weight excluding hydrogens is 464 g/mol. The van der Waals surface area contributed by atoms with Crippen LogP contribution in [0.25, 0.3) is 10.2 Å². The maximum Gasteiger partial charge on any atom is 0.270 e. The molecule has 0 bridgehead atoms. The first-order chi connectivity index (χ1) is 15.8. The van der Waals surface area contributed by atoms with Crippen LogP contribution in [0.4, 0.5) is 16.5 Å². The number of aromatic nitrogens is 1. The van der Waals surface area contributed by atoms with Gasteiger partial charge in [0.1, 0.15) is 0 Å². The van der Waals surface area contributed by atoms with Gasteiger partial charge < -0.3 is 0 Å². The molecule has 0 saturated carbocycles. The Hall–Kier alpha value is -3.83. The second kappa shape index (κ2) is 7.94. The highest BCUT2D eigenvalue weighted by Crippen LogP contribution is 2.33. The minimum absolute atomic E-state index is 0.0542. The minimum Gasteiger partial charge on any atom is -0.298 e. The number of carbonyl (C=O) groups excluding carboxylic acids is 1. The molecule has 0 spiro atoms. The number of rotatable bonds is 5. The van der Waals surface area contributed by atoms with E-state index in [1.165, 1.54) is 46.8 Å². The fourth-order valence-electron chi connectivity index (χ4n) is 3.71. The third-order valence-corrected chi connectivity index (χ3v) is 8.11. The van der Waals surface area contributed by atoms with Crippen LogP contribution in [0.1, 0.15) is 15.9 Å². The molecule has 33 heavy (non-hydrogen) atoms. The van der Waals surface area contributed by atoms with E-state index in [4.69, 9.17) is 0 Å². The number of nitrogens with zero attached hydrogens (tertiary/aromatic N) is 3. The highest BCUT2D eigenvalue weighted by molar-refractivity contribution is 7.92. The molecule has 0 fully saturated rings. The number of nitrogens with one attached hydrogen (secondary N) is 1. The number of nitro benzene ring substituents is 1. The molecule has 11 heteroatoms. The number of anilines is 2. The quantitative estimate of drug-likeness (QED) is 0.337. The lowest BCUT2D eigenvalue weighted by Gasteiger charge is -2.19. The number of nitro groups is 1. The van der Waals surface area contributed by atoms with Crippen molar-refractivity contribution in [2.45, 2.75) is 11.3 Å². The van der Waals surface area contributed by atoms with Crippen LogP contribution in [0.2, 0.25) is 0 Å². The Balaban J connectivity index is 1.35. The van der Waals surface area contributed by atoms with Gasteiger partial charge in [-0.3, -0.25) is 24.5 Å². The molecule has 1 aliphatic heterocycles. The number of para-hydroxylation sites is 1. The van der Waals surface area contributed by atoms with Gasteiger partial charge in [-0.1, -0.05) is 29.5 Å². The molecule has 1 amide bonds. The van der Waals surface area contributed by atoms with Gasteiger partial charge >= 0.3 is 0 Å². The van der Waals surface area contributed by atoms with Gasteiger partial charge in [0, 0.05) is 24.2 Å². The van der Waals surface area contributed by atoms with E-state index in [0.717, 1.165) is 16.9 Å². The summed E-state index contributed by atoms with van der Waals surface area (Å²) in [7, 11) is -3.75. The number of fused-ring (bicyclic) bond motifs is 2. The topological polar surface area (TPSA) is 123 Å². The largest absolute Gasteiger partial charge is 0.298 e. The van der Waals surface area contributed by atoms with E-state index in [-0.39, 0.29) is 16.1 Å². The number of hydrogen-bond acceptors (Lipinski definition) is 7. The van der Waals surface area contributed by atoms with Gasteiger partial charge in [0.15, 0.2) is 5.13 Å². The molecular formula is C22H16N4O5S2. The van der Waals surface area contributed by atoms with Gasteiger partial charge in [-0.25, -0.2) is 13.4 Å². The molecule has 1 aliphatic rings. The number of hydrogen-bond donors (Lipinski definition) is 1. The average molecular weight is 481 g/mol. The van der Waals surface area contributed by atoms with E-state index in [0.29, 0.717) is 34.0 Å². The second-order valence-electron chi connectivity index (χ2n) is 7.36. The third-order valence-electron chi connectivity index (χ3n) is 5.35. The summed E-state index contributed by atoms with van der Waals surface area (Å²) in [6.45, 7) is 0.375. The van der Waals surface area contributed by atoms with Gasteiger partial charge in [0.2, 0.25) is 0 Å². The predicted molar refractivity (Wildman–Crippen MR) is 125 cm³/mol. The Bertz CT molecular complexity index is 1510. The molecule has 1 aromatic heterocycles. The van der Waals surface area contributed by atoms with Crippen molar-refractivity contribution in [3.8, 4) is 0 Å². The number of non-ortho nitro benzene ring substituents is 1. The lowest BCUT2D eigenvalue weighted by atomic mass is 10.2. The van der Waals surface area contributed by atoms with Crippen molar-refractivity contribution < 1.29 is 18.1 Å². The van der Waals surface area contributed by atoms with Gasteiger partial charge in [-0.2, -0.15) is 0 Å². The minimum atomic E-state index is -3.75. The highest BCUT2D eigenvalue weighted by Gasteiger charge is 2.30. The molecule has 1 N–H and O–H groups in total. The zero-order valence-corrected chi connectivity index (χ0v) is 18.6. The molecule has 166 valence electrons. The van der Waals surface area contributed by atoms with Crippen LogP contribution in [-0.4, -0.2) is 30.8 Å². The van der Waals surface area contributed by atoms with Crippen molar-refractivity contribution in [1.82, 2.24) is 4.98 Å². The lowest BCUT2D eigenvalue weighted by molar-refractivity contribution is -0.384. The third kappa shape index (κ3) is 3.81. The molecule has 3 aromatic carbocycles. The van der Waals surface area contributed by atoms with Gasteiger partial charge in [0.25, 0.3) is 21.6 Å². The molecule has 0 radical (unpaired) electrons. The smallest absolute Gasteiger partial charge is 0.270 e. The van der Waals surface area contributed by atoms with Crippen molar-refractivity contribution in [2.75, 3.05) is 16.2 Å². The Labute approximate surface area is 192 Å². The lowest BCUT2D eigenvalue weighted by Crippen LogP contribution is -2.29. The first kappa shape index (κ1) is 21.0. The summed E-state index contributed by atoms with van der Waals surface area (Å²) in [6, 6.07) is 17.4. The van der Waals surface area contributed by atoms with Crippen LogP contribution in [-0.2, 0) is 16.4 Å². The summed E-state index contributed by atoms with van der Waals surface area (Å²) in [5.74, 6) is -0.459. The highest BCUT2D eigenvalue weighted by atomic mass is 32.2. The summed E-state index contributed by atoms with van der Waals surface area (Å²) in [5.41, 5.74) is 2.41. The number of carbonyl (C=O) groups is 1. The number of benzene rings is 3. The summed E-state index contributed by atoms with van der Waals surface area (Å²) in [5, 5.41) is 13.9. The Morgan fingerprint density at radius 1 is 1.09 bits per heavy atom. The maximum atomic E-state index is 13.1. The number of thiazole rings is 1. The van der Waals surface area contributed by atoms with E-state index >= 15 is 0 Å². The monoisotopic (exact) mass is 480 g/mol. The Morgan fingerprint density at radius 2 is 1.85 bits per heavy atom. The van der Waals surface area contributed by atoms with Crippen LogP contribution in [0, 0.1) is 10.1 Å². The molecule has 0 atom stereocenters. The summed E-state index contributed by atoms with van der Waals surface area (Å²) >= 11 is 1.12. The zero-order chi connectivity index (χ0) is 23.2. The van der Waals surface area contributed by atoms with Crippen molar-refractivity contribution in [2.24, 2.45) is 0 Å². The van der Waals surface area contributed by atoms with Crippen LogP contribution in [0.3, 0.4) is 0 Å². The zero-order valence-electron chi connectivity index (χ0n) is 17.0. The molecule has 0 aliphatic carbocycles. The summed E-state index contributed by atoms with van der Waals surface area (Å²) in [6.07, 6.45) is 0.654. The van der Waals surface area contributed by atoms with Crippen LogP contribution >= 0.6 is 11.3 Å². The predicted octanol–water partition coefficient (Wildman–Crippen LogP) is 4.21. The first-order valence-electron chi connectivity index (χ1n) is 9.90. The van der Waals surface area contributed by atoms with Crippen molar-refractivity contribution in [3.63, 3.8) is 0 Å². The molecule has 9 nitrogen and oxygen atoms in total. The molecule has 0 saturated heterocycles. The number of sulfonamides is 1. The van der Waals surface area contributed by atoms with Crippen molar-refractivity contribution in [1.29, 1.82) is 0 Å². The Morgan fingerprint density at radius 3 is 2.61 bits per heavy atom. The van der Waals surface area contributed by atoms with E-state index in [2.05, 4.69) is 10.3 Å². The van der Waals surface area contributed by atoms with E-state index in [9.17, 15) is 23.3 Å². The fraction of sp³-hybridized carbons (Fsp3) is 0.0909. The molecule has 0 unspecified atom stereocenters. The standard InChI is InChI=1S/C22H16N4O5S2/c27-21(24-22-23-18-10-7-16(26(28)29)13-20(18)32-22)15-5-8-17(9-6-15)33(30,31)25-12-11-14-3-1-2-4-19(14)25/h1-10,13H,11-12H2,(H,23,24,27). The summed E-state index contributed by atoms with van der Waals surface area (Å²) < 4.78 is 28.2. The maximum absolute atomic E-state index is 13.1. The van der Waals surface area contributed by atoms with Crippen LogP contribution < -0.4 is 9.62 Å².